The van der Waals surface area contributed by atoms with Gasteiger partial charge in [0.05, 0.1) is 37.4 Å². The van der Waals surface area contributed by atoms with E-state index in [1.807, 2.05) is 6.07 Å². The van der Waals surface area contributed by atoms with E-state index in [0.717, 1.165) is 39.1 Å². The van der Waals surface area contributed by atoms with Gasteiger partial charge >= 0.3 is 0 Å². The molecule has 13 heteroatoms. The molecule has 5 rings (SSSR count). The lowest BCUT2D eigenvalue weighted by atomic mass is 10.0. The van der Waals surface area contributed by atoms with Gasteiger partial charge in [0.2, 0.25) is 6.79 Å². The fourth-order valence-electron chi connectivity index (χ4n) is 5.02. The third kappa shape index (κ3) is 5.91. The minimum atomic E-state index is -0.160. The van der Waals surface area contributed by atoms with Crippen LogP contribution in [0.3, 0.4) is 0 Å². The first kappa shape index (κ1) is 32.5. The van der Waals surface area contributed by atoms with Crippen molar-refractivity contribution in [3.8, 4) is 34.3 Å². The van der Waals surface area contributed by atoms with Crippen molar-refractivity contribution in [1.29, 1.82) is 0 Å². The summed E-state index contributed by atoms with van der Waals surface area (Å²) >= 11 is 0. The van der Waals surface area contributed by atoms with Gasteiger partial charge in [-0.2, -0.15) is 0 Å². The maximum absolute atomic E-state index is 13.8. The average molecular weight is 604 g/mol. The van der Waals surface area contributed by atoms with Crippen molar-refractivity contribution in [3.63, 3.8) is 0 Å². The summed E-state index contributed by atoms with van der Waals surface area (Å²) in [5.41, 5.74) is 6.03. The zero-order chi connectivity index (χ0) is 25.2. The molecular weight excluding hydrogens is 571 g/mol. The van der Waals surface area contributed by atoms with Crippen LogP contribution in [0.5, 0.6) is 23.0 Å². The van der Waals surface area contributed by atoms with Crippen LogP contribution in [-0.2, 0) is 6.54 Å². The van der Waals surface area contributed by atoms with Crippen LogP contribution in [-0.4, -0.2) is 64.1 Å². The summed E-state index contributed by atoms with van der Waals surface area (Å²) < 4.78 is 23.8. The van der Waals surface area contributed by atoms with Crippen molar-refractivity contribution >= 4 is 16.6 Å². The van der Waals surface area contributed by atoms with E-state index in [1.165, 1.54) is 14.2 Å². The van der Waals surface area contributed by atoms with E-state index in [2.05, 4.69) is 16.4 Å². The highest BCUT2D eigenvalue weighted by molar-refractivity contribution is 6.27. The average Bonchev–Trinajstić information content (AvgIpc) is 3.47. The summed E-state index contributed by atoms with van der Waals surface area (Å²) in [6.45, 7) is 5.49. The van der Waals surface area contributed by atoms with Crippen LogP contribution in [0, 0.1) is 0 Å². The molecule has 2 aliphatic rings. The zero-order valence-corrected chi connectivity index (χ0v) is 24.1. The van der Waals surface area contributed by atoms with Crippen LogP contribution in [0.25, 0.3) is 22.0 Å². The van der Waals surface area contributed by atoms with Crippen molar-refractivity contribution in [2.45, 2.75) is 13.0 Å². The lowest BCUT2D eigenvalue weighted by Crippen LogP contribution is -3.00. The van der Waals surface area contributed by atoms with Gasteiger partial charge in [-0.15, -0.1) is 0 Å². The third-order valence-corrected chi connectivity index (χ3v) is 6.79. The van der Waals surface area contributed by atoms with Gasteiger partial charge in [0, 0.05) is 29.5 Å². The van der Waals surface area contributed by atoms with Gasteiger partial charge in [-0.05, 0) is 24.3 Å². The number of ether oxygens (including phenoxy) is 4. The van der Waals surface area contributed by atoms with E-state index in [0.29, 0.717) is 62.7 Å². The second-order valence-electron chi connectivity index (χ2n) is 8.95. The molecule has 0 saturated heterocycles. The number of benzene rings is 2. The molecule has 7 N–H and O–H groups in total. The molecule has 0 unspecified atom stereocenters. The molecule has 0 amide bonds. The van der Waals surface area contributed by atoms with E-state index < -0.39 is 0 Å². The van der Waals surface area contributed by atoms with Gasteiger partial charge < -0.3 is 77.1 Å². The third-order valence-electron chi connectivity index (χ3n) is 6.79. The highest BCUT2D eigenvalue weighted by Gasteiger charge is 2.35. The van der Waals surface area contributed by atoms with Crippen LogP contribution in [0.4, 0.5) is 0 Å². The number of rotatable bonds is 11. The summed E-state index contributed by atoms with van der Waals surface area (Å²) in [6.07, 6.45) is 0.786. The predicted octanol–water partition coefficient (Wildman–Crippen LogP) is -10.3. The second kappa shape index (κ2) is 14.1. The van der Waals surface area contributed by atoms with Gasteiger partial charge in [-0.1, -0.05) is 0 Å². The Morgan fingerprint density at radius 1 is 0.846 bits per heavy atom. The van der Waals surface area contributed by atoms with Gasteiger partial charge in [0.25, 0.3) is 5.56 Å². The number of ketones is 1. The fraction of sp³-hybridized carbons (Fsp3) is 0.385. The minimum Gasteiger partial charge on any atom is -1.00 e. The van der Waals surface area contributed by atoms with Gasteiger partial charge in [-0.3, -0.25) is 9.59 Å². The Balaban J connectivity index is 0.00000178. The number of fused-ring (bicyclic) bond motifs is 6. The van der Waals surface area contributed by atoms with Crippen LogP contribution in [0.2, 0.25) is 0 Å². The van der Waals surface area contributed by atoms with Crippen molar-refractivity contribution in [2.24, 2.45) is 0 Å². The Kier molecular flexibility index (Phi) is 11.7. The molecule has 39 heavy (non-hydrogen) atoms. The highest BCUT2D eigenvalue weighted by Crippen LogP contribution is 2.46. The quantitative estimate of drug-likeness (QED) is 0.146. The summed E-state index contributed by atoms with van der Waals surface area (Å²) in [5, 5.41) is 5.51. The number of carbonyl (C=O) groups excluding carboxylic acids is 1. The Morgan fingerprint density at radius 3 is 2.05 bits per heavy atom. The maximum atomic E-state index is 13.8. The van der Waals surface area contributed by atoms with E-state index in [1.54, 1.807) is 22.8 Å². The van der Waals surface area contributed by atoms with E-state index in [9.17, 15) is 9.59 Å². The molecule has 214 valence electrons. The molecular formula is C26H33Cl3N4O6. The molecule has 2 heterocycles. The van der Waals surface area contributed by atoms with Crippen molar-refractivity contribution in [2.75, 3.05) is 53.7 Å². The van der Waals surface area contributed by atoms with Crippen LogP contribution >= 0.6 is 0 Å². The number of hydrogen-bond acceptors (Lipinski definition) is 6. The number of methoxy groups -OCH3 is 2. The van der Waals surface area contributed by atoms with E-state index >= 15 is 0 Å². The summed E-state index contributed by atoms with van der Waals surface area (Å²) in [6, 6.07) is 6.92. The zero-order valence-electron chi connectivity index (χ0n) is 21.9. The number of nitrogens with two attached hydrogens (primary N) is 2. The Labute approximate surface area is 244 Å². The number of quaternary nitrogens is 3. The number of carbonyl (C=O) groups is 1. The van der Waals surface area contributed by atoms with E-state index in [-0.39, 0.29) is 55.4 Å². The van der Waals surface area contributed by atoms with Crippen molar-refractivity contribution in [3.05, 3.63) is 45.7 Å². The number of nitrogens with zero attached hydrogens (tertiary/aromatic N) is 1. The predicted molar refractivity (Wildman–Crippen MR) is 132 cm³/mol. The van der Waals surface area contributed by atoms with Crippen LogP contribution < -0.4 is 78.1 Å². The number of pyridine rings is 1. The molecule has 2 aromatic carbocycles. The van der Waals surface area contributed by atoms with Gasteiger partial charge in [0.15, 0.2) is 28.8 Å². The first-order valence-corrected chi connectivity index (χ1v) is 12.3. The lowest BCUT2D eigenvalue weighted by Gasteiger charge is -2.16. The standard InChI is InChI=1S/C26H30N4O6.3ClH/c1-33-19-10-15-18(13-20(19)34-2)26(32)30(9-3-5-28-7-8-29-6-4-27)24-16-11-21-22(36-14-35-21)12-17(16)25(31)23(15)24;;;/h10-13,28-29H,3-9,14,27H2,1-2H3;3*1H. The molecule has 0 fully saturated rings. The highest BCUT2D eigenvalue weighted by atomic mass is 35.5. The fourth-order valence-corrected chi connectivity index (χ4v) is 5.02. The van der Waals surface area contributed by atoms with Gasteiger partial charge in [-0.25, -0.2) is 0 Å². The number of hydrogen-bond donors (Lipinski definition) is 3. The van der Waals surface area contributed by atoms with E-state index in [4.69, 9.17) is 18.9 Å². The first-order chi connectivity index (χ1) is 17.6. The number of aromatic nitrogens is 1. The lowest BCUT2D eigenvalue weighted by molar-refractivity contribution is -0.729. The van der Waals surface area contributed by atoms with Crippen molar-refractivity contribution in [1.82, 2.24) is 4.57 Å². The molecule has 1 aromatic heterocycles. The molecule has 3 aromatic rings. The molecule has 0 atom stereocenters. The molecule has 1 aliphatic carbocycles. The van der Waals surface area contributed by atoms with Gasteiger partial charge in [0.1, 0.15) is 26.2 Å². The topological polar surface area (TPSA) is 137 Å². The molecule has 0 spiro atoms. The molecule has 0 bridgehead atoms. The molecule has 0 radical (unpaired) electrons. The number of halogens is 3. The molecule has 1 aliphatic heterocycles. The Hall–Kier alpha value is -2.73. The smallest absolute Gasteiger partial charge is 0.259 e. The van der Waals surface area contributed by atoms with Crippen LogP contribution in [0.1, 0.15) is 22.3 Å². The first-order valence-electron chi connectivity index (χ1n) is 12.3. The largest absolute Gasteiger partial charge is 1.00 e. The minimum absolute atomic E-state index is 0. The second-order valence-corrected chi connectivity index (χ2v) is 8.95. The SMILES string of the molecule is COc1cc2c3c(n(CCC[NH2+]CC[NH2+]CC[NH3+])c(=O)c2cc1OC)-c1cc2c(cc1C3=O)OCO2.[Cl-].[Cl-].[Cl-]. The van der Waals surface area contributed by atoms with Crippen LogP contribution in [0.15, 0.2) is 29.1 Å². The maximum Gasteiger partial charge on any atom is 0.259 e. The Bertz CT molecular complexity index is 1400. The summed E-state index contributed by atoms with van der Waals surface area (Å²) in [5.74, 6) is 1.89. The normalized spacial score (nSPS) is 12.2. The monoisotopic (exact) mass is 602 g/mol. The summed E-state index contributed by atoms with van der Waals surface area (Å²) in [7, 11) is 3.07. The van der Waals surface area contributed by atoms with Crippen molar-refractivity contribution < 1.29 is 77.3 Å². The molecule has 0 saturated carbocycles. The Morgan fingerprint density at radius 2 is 1.44 bits per heavy atom. The molecule has 10 nitrogen and oxygen atoms in total. The summed E-state index contributed by atoms with van der Waals surface area (Å²) in [4.78, 5) is 27.5.